The molecule has 0 spiro atoms. The van der Waals surface area contributed by atoms with Crippen molar-refractivity contribution in [1.82, 2.24) is 4.72 Å². The van der Waals surface area contributed by atoms with Crippen LogP contribution in [0, 0.1) is 16.7 Å². The van der Waals surface area contributed by atoms with E-state index in [-0.39, 0.29) is 33.0 Å². The molecule has 1 fully saturated rings. The first-order chi connectivity index (χ1) is 9.72. The monoisotopic (exact) mass is 328 g/mol. The Morgan fingerprint density at radius 2 is 2.14 bits per heavy atom. The van der Waals surface area contributed by atoms with Crippen molar-refractivity contribution in [2.75, 3.05) is 7.11 Å². The highest BCUT2D eigenvalue weighted by Crippen LogP contribution is 2.43. The van der Waals surface area contributed by atoms with Crippen LogP contribution in [-0.2, 0) is 14.8 Å². The molecule has 0 aromatic heterocycles. The molecule has 0 heterocycles. The van der Waals surface area contributed by atoms with Gasteiger partial charge in [0.25, 0.3) is 0 Å². The predicted molar refractivity (Wildman–Crippen MR) is 79.5 cm³/mol. The molecule has 2 atom stereocenters. The quantitative estimate of drug-likeness (QED) is 0.919. The van der Waals surface area contributed by atoms with Gasteiger partial charge in [-0.1, -0.05) is 25.4 Å². The molecule has 1 saturated carbocycles. The van der Waals surface area contributed by atoms with E-state index in [9.17, 15) is 8.42 Å². The van der Waals surface area contributed by atoms with Crippen molar-refractivity contribution >= 4 is 21.6 Å². The third kappa shape index (κ3) is 2.92. The molecule has 7 heteroatoms. The normalized spacial score (nSPS) is 24.1. The molecule has 1 aromatic carbocycles. The van der Waals surface area contributed by atoms with Gasteiger partial charge in [0.1, 0.15) is 4.90 Å². The fourth-order valence-corrected chi connectivity index (χ4v) is 4.45. The van der Waals surface area contributed by atoms with Gasteiger partial charge >= 0.3 is 0 Å². The lowest BCUT2D eigenvalue weighted by Crippen LogP contribution is -2.61. The molecular formula is C14H17ClN2O3S. The Morgan fingerprint density at radius 1 is 1.48 bits per heavy atom. The van der Waals surface area contributed by atoms with Crippen molar-refractivity contribution in [3.8, 4) is 6.07 Å². The molecule has 0 saturated heterocycles. The number of hydrogen-bond donors (Lipinski definition) is 1. The fraction of sp³-hybridized carbons (Fsp3) is 0.500. The molecule has 21 heavy (non-hydrogen) atoms. The highest BCUT2D eigenvalue weighted by Gasteiger charge is 2.50. The lowest BCUT2D eigenvalue weighted by atomic mass is 9.65. The van der Waals surface area contributed by atoms with Crippen molar-refractivity contribution < 1.29 is 13.2 Å². The molecule has 0 bridgehead atoms. The minimum absolute atomic E-state index is 0.0196. The summed E-state index contributed by atoms with van der Waals surface area (Å²) in [5.74, 6) is 0. The smallest absolute Gasteiger partial charge is 0.242 e. The topological polar surface area (TPSA) is 79.2 Å². The number of halogens is 1. The molecule has 0 aliphatic heterocycles. The molecule has 2 rings (SSSR count). The number of benzene rings is 1. The number of nitriles is 1. The van der Waals surface area contributed by atoms with Crippen LogP contribution in [0.2, 0.25) is 5.02 Å². The molecule has 1 aliphatic rings. The number of methoxy groups -OCH3 is 1. The zero-order chi connectivity index (χ0) is 15.8. The Kier molecular flexibility index (Phi) is 4.31. The summed E-state index contributed by atoms with van der Waals surface area (Å²) in [5.41, 5.74) is -0.0383. The summed E-state index contributed by atoms with van der Waals surface area (Å²) < 4.78 is 32.9. The van der Waals surface area contributed by atoms with Crippen LogP contribution in [0.4, 0.5) is 0 Å². The first-order valence-corrected chi connectivity index (χ1v) is 8.33. The standard InChI is InChI=1S/C14H17ClN2O3S/c1-14(2)12(7-13(14)20-3)17-21(18,19)11-6-9(8-16)4-5-10(11)15/h4-6,12-13,17H,7H2,1-3H3. The molecule has 1 aliphatic carbocycles. The summed E-state index contributed by atoms with van der Waals surface area (Å²) in [6.07, 6.45) is 0.629. The highest BCUT2D eigenvalue weighted by molar-refractivity contribution is 7.89. The minimum Gasteiger partial charge on any atom is -0.381 e. The number of nitrogens with one attached hydrogen (secondary N) is 1. The Bertz CT molecular complexity index is 695. The van der Waals surface area contributed by atoms with Gasteiger partial charge in [0.05, 0.1) is 22.8 Å². The van der Waals surface area contributed by atoms with E-state index in [0.717, 1.165) is 0 Å². The molecule has 0 amide bonds. The highest BCUT2D eigenvalue weighted by atomic mass is 35.5. The molecule has 1 N–H and O–H groups in total. The third-order valence-electron chi connectivity index (χ3n) is 4.11. The summed E-state index contributed by atoms with van der Waals surface area (Å²) in [5, 5.41) is 8.98. The van der Waals surface area contributed by atoms with Crippen LogP contribution >= 0.6 is 11.6 Å². The van der Waals surface area contributed by atoms with Crippen molar-refractivity contribution in [2.45, 2.75) is 37.3 Å². The van der Waals surface area contributed by atoms with Gasteiger partial charge in [-0.25, -0.2) is 13.1 Å². The molecule has 5 nitrogen and oxygen atoms in total. The Balaban J connectivity index is 2.27. The second kappa shape index (κ2) is 5.58. The lowest BCUT2D eigenvalue weighted by molar-refractivity contribution is -0.0908. The molecule has 0 radical (unpaired) electrons. The van der Waals surface area contributed by atoms with E-state index in [1.54, 1.807) is 7.11 Å². The van der Waals surface area contributed by atoms with E-state index in [1.807, 2.05) is 19.9 Å². The van der Waals surface area contributed by atoms with Crippen molar-refractivity contribution in [3.63, 3.8) is 0 Å². The van der Waals surface area contributed by atoms with Gasteiger partial charge in [0.2, 0.25) is 10.0 Å². The average molecular weight is 329 g/mol. The Hall–Kier alpha value is -1.13. The van der Waals surface area contributed by atoms with E-state index < -0.39 is 10.0 Å². The fourth-order valence-electron chi connectivity index (χ4n) is 2.52. The first kappa shape index (κ1) is 16.2. The lowest BCUT2D eigenvalue weighted by Gasteiger charge is -2.50. The summed E-state index contributed by atoms with van der Waals surface area (Å²) in [4.78, 5) is -0.0696. The van der Waals surface area contributed by atoms with Crippen LogP contribution in [0.25, 0.3) is 0 Å². The largest absolute Gasteiger partial charge is 0.381 e. The zero-order valence-electron chi connectivity index (χ0n) is 12.1. The van der Waals surface area contributed by atoms with E-state index in [2.05, 4.69) is 4.72 Å². The van der Waals surface area contributed by atoms with Gasteiger partial charge in [-0.05, 0) is 24.6 Å². The third-order valence-corrected chi connectivity index (χ3v) is 6.06. The SMILES string of the molecule is COC1CC(NS(=O)(=O)c2cc(C#N)ccc2Cl)C1(C)C. The van der Waals surface area contributed by atoms with Crippen LogP contribution < -0.4 is 4.72 Å². The van der Waals surface area contributed by atoms with Crippen LogP contribution in [0.3, 0.4) is 0 Å². The molecule has 114 valence electrons. The van der Waals surface area contributed by atoms with Crippen molar-refractivity contribution in [1.29, 1.82) is 5.26 Å². The molecular weight excluding hydrogens is 312 g/mol. The van der Waals surface area contributed by atoms with Crippen LogP contribution in [0.5, 0.6) is 0 Å². The van der Waals surface area contributed by atoms with E-state index in [4.69, 9.17) is 21.6 Å². The van der Waals surface area contributed by atoms with E-state index >= 15 is 0 Å². The predicted octanol–water partition coefficient (Wildman–Crippen LogP) is 2.30. The van der Waals surface area contributed by atoms with Gasteiger partial charge in [0, 0.05) is 18.6 Å². The minimum atomic E-state index is -3.77. The Morgan fingerprint density at radius 3 is 2.67 bits per heavy atom. The number of sulfonamides is 1. The maximum absolute atomic E-state index is 12.5. The summed E-state index contributed by atoms with van der Waals surface area (Å²) in [7, 11) is -2.16. The zero-order valence-corrected chi connectivity index (χ0v) is 13.6. The summed E-state index contributed by atoms with van der Waals surface area (Å²) >= 11 is 5.96. The number of rotatable bonds is 4. The van der Waals surface area contributed by atoms with Gasteiger partial charge in [-0.15, -0.1) is 0 Å². The Labute approximate surface area is 129 Å². The van der Waals surface area contributed by atoms with Crippen LogP contribution in [0.1, 0.15) is 25.8 Å². The van der Waals surface area contributed by atoms with Crippen molar-refractivity contribution in [2.24, 2.45) is 5.41 Å². The average Bonchev–Trinajstić information content (AvgIpc) is 2.43. The van der Waals surface area contributed by atoms with Gasteiger partial charge in [0.15, 0.2) is 0 Å². The second-order valence-corrected chi connectivity index (χ2v) is 7.80. The summed E-state index contributed by atoms with van der Waals surface area (Å²) in [6, 6.07) is 5.86. The van der Waals surface area contributed by atoms with E-state index in [1.165, 1.54) is 18.2 Å². The van der Waals surface area contributed by atoms with Gasteiger partial charge in [-0.2, -0.15) is 5.26 Å². The van der Waals surface area contributed by atoms with Crippen molar-refractivity contribution in [3.05, 3.63) is 28.8 Å². The van der Waals surface area contributed by atoms with E-state index in [0.29, 0.717) is 6.42 Å². The molecule has 1 aromatic rings. The number of hydrogen-bond acceptors (Lipinski definition) is 4. The molecule has 2 unspecified atom stereocenters. The van der Waals surface area contributed by atoms with Gasteiger partial charge < -0.3 is 4.74 Å². The maximum Gasteiger partial charge on any atom is 0.242 e. The van der Waals surface area contributed by atoms with Crippen LogP contribution in [0.15, 0.2) is 23.1 Å². The summed E-state index contributed by atoms with van der Waals surface area (Å²) in [6.45, 7) is 3.90. The maximum atomic E-state index is 12.5. The second-order valence-electron chi connectivity index (χ2n) is 5.71. The van der Waals surface area contributed by atoms with Gasteiger partial charge in [-0.3, -0.25) is 0 Å². The first-order valence-electron chi connectivity index (χ1n) is 6.47. The van der Waals surface area contributed by atoms with Crippen LogP contribution in [-0.4, -0.2) is 27.7 Å². The number of ether oxygens (including phenoxy) is 1. The number of nitrogens with zero attached hydrogens (tertiary/aromatic N) is 1.